The summed E-state index contributed by atoms with van der Waals surface area (Å²) in [7, 11) is 3.16. The van der Waals surface area contributed by atoms with Crippen LogP contribution in [-0.4, -0.2) is 189 Å². The monoisotopic (exact) mass is 1340 g/mol. The third-order valence-electron chi connectivity index (χ3n) is 15.3. The lowest BCUT2D eigenvalue weighted by atomic mass is 10.00. The van der Waals surface area contributed by atoms with E-state index in [0.717, 1.165) is 37.4 Å². The summed E-state index contributed by atoms with van der Waals surface area (Å²) in [6.07, 6.45) is 2.19. The molecule has 4 aromatic rings. The van der Waals surface area contributed by atoms with E-state index in [0.29, 0.717) is 55.3 Å². The normalized spacial score (nSPS) is 21.0. The first-order chi connectivity index (χ1) is 44.8. The maximum absolute atomic E-state index is 14.8. The number of aromatic amines is 1. The molecule has 29 nitrogen and oxygen atoms in total. The Morgan fingerprint density at radius 3 is 1.91 bits per heavy atom. The number of carbonyl (C=O) groups is 12. The molecule has 512 valence electrons. The molecule has 1 aliphatic rings. The van der Waals surface area contributed by atoms with Gasteiger partial charge in [0.1, 0.15) is 59.8 Å². The van der Waals surface area contributed by atoms with Gasteiger partial charge in [0, 0.05) is 87.3 Å². The number of amides is 11. The number of hydrogen-bond acceptors (Lipinski definition) is 18. The van der Waals surface area contributed by atoms with Crippen molar-refractivity contribution in [3.63, 3.8) is 0 Å². The van der Waals surface area contributed by atoms with Crippen molar-refractivity contribution in [2.24, 2.45) is 23.1 Å². The lowest BCUT2D eigenvalue weighted by Crippen LogP contribution is -2.61. The predicted octanol–water partition coefficient (Wildman–Crippen LogP) is -0.501. The number of aromatic nitrogens is 1. The van der Waals surface area contributed by atoms with E-state index in [1.165, 1.54) is 55.6 Å². The molecule has 3 aromatic carbocycles. The number of nitrogens with one attached hydrogen (secondary N) is 10. The Morgan fingerprint density at radius 2 is 1.28 bits per heavy atom. The van der Waals surface area contributed by atoms with Crippen LogP contribution in [0.25, 0.3) is 10.9 Å². The number of para-hydroxylation sites is 1. The van der Waals surface area contributed by atoms with E-state index in [4.69, 9.17) is 17.2 Å². The number of carboxylic acids is 1. The second-order valence-corrected chi connectivity index (χ2v) is 25.7. The van der Waals surface area contributed by atoms with Crippen LogP contribution in [0.2, 0.25) is 0 Å². The summed E-state index contributed by atoms with van der Waals surface area (Å²) in [6.45, 7) is 3.14. The molecule has 0 unspecified atom stereocenters. The molecule has 31 heteroatoms. The summed E-state index contributed by atoms with van der Waals surface area (Å²) in [5.41, 5.74) is 19.5. The molecule has 1 fully saturated rings. The zero-order chi connectivity index (χ0) is 68.9. The predicted molar refractivity (Wildman–Crippen MR) is 353 cm³/mol. The number of hydrogen-bond donors (Lipinski definition) is 16. The van der Waals surface area contributed by atoms with Crippen LogP contribution in [0, 0.1) is 5.92 Å². The Balaban J connectivity index is 1.53. The number of likely N-dealkylation sites (N-methyl/N-ethyl adjacent to an activating group) is 1. The summed E-state index contributed by atoms with van der Waals surface area (Å²) in [6, 6.07) is 7.35. The minimum absolute atomic E-state index is 0.00583. The summed E-state index contributed by atoms with van der Waals surface area (Å²) >= 11 is 0. The van der Waals surface area contributed by atoms with Crippen molar-refractivity contribution in [2.75, 3.05) is 44.7 Å². The van der Waals surface area contributed by atoms with Crippen molar-refractivity contribution in [1.29, 1.82) is 0 Å². The highest BCUT2D eigenvalue weighted by Crippen LogP contribution is 2.25. The van der Waals surface area contributed by atoms with Crippen molar-refractivity contribution in [3.05, 3.63) is 95.7 Å². The minimum Gasteiger partial charge on any atom is -0.508 e. The standard InChI is InChI=1S/C63H88N14O15S2/c1-36(2)55-63(92)73-47(30-38-17-21-41(79)22-18-38)60(89)71-44(13-8-9-26-64)57(86)67-28-10-4-5-14-51(80)69-48(31-39-32-68-43-12-7-6-11-42(39)43)61(90)72-45(23-24-54(83)84)58(87)74-49(56(66)85)34-93-94-35-50(62(91)76-55)75-59(88)46(29-37-15-19-40(78)20-16-37)70-52(81)33-77(3)53(82)25-27-65/h6-7,11-12,15-22,32,36,44-50,55,68,78-79H,4-5,8-10,13-14,23-31,33-35,64-65H2,1-3H3,(H2,66,85)(H,67,86)(H,69,80)(H,70,81)(H,71,89)(H,72,90)(H,73,92)(H,74,87)(H,75,88)(H,76,91)(H,83,84)/t44-,45-,46-,47-,48-,49-,50-,55-/m0/s1. The molecule has 0 aliphatic carbocycles. The zero-order valence-electron chi connectivity index (χ0n) is 52.9. The van der Waals surface area contributed by atoms with Crippen LogP contribution < -0.4 is 65.1 Å². The largest absolute Gasteiger partial charge is 0.508 e. The van der Waals surface area contributed by atoms with Gasteiger partial charge in [-0.1, -0.05) is 84.3 Å². The van der Waals surface area contributed by atoms with Gasteiger partial charge in [0.05, 0.1) is 6.54 Å². The molecule has 1 saturated heterocycles. The van der Waals surface area contributed by atoms with Gasteiger partial charge in [-0.05, 0) is 98.0 Å². The molecule has 1 aliphatic heterocycles. The topological polar surface area (TPSA) is 471 Å². The third-order valence-corrected chi connectivity index (χ3v) is 17.7. The summed E-state index contributed by atoms with van der Waals surface area (Å²) in [5, 5.41) is 54.8. The van der Waals surface area contributed by atoms with Gasteiger partial charge >= 0.3 is 5.97 Å². The number of phenolic OH excluding ortho intramolecular Hbond substituents is 2. The molecule has 5 rings (SSSR count). The number of carbonyl (C=O) groups excluding carboxylic acids is 11. The van der Waals surface area contributed by atoms with Gasteiger partial charge in [-0.25, -0.2) is 0 Å². The molecule has 0 saturated carbocycles. The van der Waals surface area contributed by atoms with E-state index in [-0.39, 0.29) is 74.6 Å². The summed E-state index contributed by atoms with van der Waals surface area (Å²) < 4.78 is 0. The van der Waals surface area contributed by atoms with Crippen LogP contribution in [0.4, 0.5) is 0 Å². The molecule has 94 heavy (non-hydrogen) atoms. The van der Waals surface area contributed by atoms with Crippen molar-refractivity contribution in [2.45, 2.75) is 146 Å². The van der Waals surface area contributed by atoms with E-state index in [1.807, 2.05) is 18.2 Å². The number of phenols is 2. The second kappa shape index (κ2) is 38.9. The number of unbranched alkanes of at least 4 members (excludes halogenated alkanes) is 1. The Kier molecular flexibility index (Phi) is 31.4. The lowest BCUT2D eigenvalue weighted by molar-refractivity contribution is -0.138. The Labute approximate surface area is 552 Å². The van der Waals surface area contributed by atoms with Gasteiger partial charge < -0.3 is 90.3 Å². The average molecular weight is 1350 g/mol. The Bertz CT molecular complexity index is 3250. The number of aromatic hydroxyl groups is 2. The van der Waals surface area contributed by atoms with Crippen molar-refractivity contribution >= 4 is 103 Å². The van der Waals surface area contributed by atoms with E-state index in [9.17, 15) is 72.9 Å². The first kappa shape index (κ1) is 75.8. The average Bonchev–Trinajstić information content (AvgIpc) is 1.63. The number of benzene rings is 3. The first-order valence-electron chi connectivity index (χ1n) is 31.0. The maximum Gasteiger partial charge on any atom is 0.303 e. The van der Waals surface area contributed by atoms with E-state index < -0.39 is 145 Å². The molecule has 8 atom stereocenters. The van der Waals surface area contributed by atoms with Crippen molar-refractivity contribution in [3.8, 4) is 11.5 Å². The number of H-pyrrole nitrogens is 1. The van der Waals surface area contributed by atoms with Gasteiger partial charge in [-0.3, -0.25) is 57.5 Å². The number of primary amides is 1. The summed E-state index contributed by atoms with van der Waals surface area (Å²) in [4.78, 5) is 170. The third kappa shape index (κ3) is 25.5. The van der Waals surface area contributed by atoms with Crippen molar-refractivity contribution in [1.82, 2.24) is 57.7 Å². The highest BCUT2D eigenvalue weighted by atomic mass is 33.1. The molecule has 0 bridgehead atoms. The SMILES string of the molecule is CC(C)[C@@H]1NC(=O)[C@@H](NC(=O)[C@H](Cc2ccc(O)cc2)NC(=O)CN(C)C(=O)CCN)CSSC[C@@H](C(N)=O)NC(=O)[C@H](CCC(=O)O)NC(=O)[C@H](Cc2c[nH]c3ccccc23)NC(=O)CCCCCNC(=O)[C@H](CCCCN)NC(=O)[C@H](Cc2ccc(O)cc2)NC1=O. The van der Waals surface area contributed by atoms with Crippen LogP contribution >= 0.6 is 21.6 Å². The first-order valence-corrected chi connectivity index (χ1v) is 33.5. The van der Waals surface area contributed by atoms with E-state index in [2.05, 4.69) is 52.8 Å². The Hall–Kier alpha value is -8.94. The van der Waals surface area contributed by atoms with E-state index in [1.54, 1.807) is 26.1 Å². The molecular weight excluding hydrogens is 1260 g/mol. The van der Waals surface area contributed by atoms with E-state index >= 15 is 0 Å². The van der Waals surface area contributed by atoms with Crippen LogP contribution in [0.1, 0.15) is 94.7 Å². The minimum atomic E-state index is -1.59. The summed E-state index contributed by atoms with van der Waals surface area (Å²) in [5.74, 6) is -11.6. The number of nitrogens with zero attached hydrogens (tertiary/aromatic N) is 1. The molecule has 1 aromatic heterocycles. The number of nitrogens with two attached hydrogens (primary N) is 3. The smallest absolute Gasteiger partial charge is 0.303 e. The lowest BCUT2D eigenvalue weighted by Gasteiger charge is -2.29. The van der Waals surface area contributed by atoms with Crippen LogP contribution in [-0.2, 0) is 76.8 Å². The Morgan fingerprint density at radius 1 is 0.660 bits per heavy atom. The molecule has 2 heterocycles. The maximum atomic E-state index is 14.8. The number of fused-ring (bicyclic) bond motifs is 1. The van der Waals surface area contributed by atoms with Gasteiger partial charge in [-0.2, -0.15) is 0 Å². The second-order valence-electron chi connectivity index (χ2n) is 23.2. The number of aliphatic carboxylic acids is 1. The highest BCUT2D eigenvalue weighted by Gasteiger charge is 2.36. The fourth-order valence-electron chi connectivity index (χ4n) is 9.98. The highest BCUT2D eigenvalue weighted by molar-refractivity contribution is 8.76. The van der Waals surface area contributed by atoms with Crippen LogP contribution in [0.5, 0.6) is 11.5 Å². The zero-order valence-corrected chi connectivity index (χ0v) is 54.5. The molecule has 11 amide bonds. The molecule has 0 radical (unpaired) electrons. The van der Waals surface area contributed by atoms with Gasteiger partial charge in [-0.15, -0.1) is 0 Å². The number of carboxylic acid groups (broad SMARTS) is 1. The van der Waals surface area contributed by atoms with Gasteiger partial charge in [0.15, 0.2) is 0 Å². The number of rotatable bonds is 22. The van der Waals surface area contributed by atoms with Gasteiger partial charge in [0.25, 0.3) is 0 Å². The molecule has 0 spiro atoms. The quantitative estimate of drug-likeness (QED) is 0.0348. The molecular formula is C63H88N14O15S2. The fraction of sp³-hybridized carbons (Fsp3) is 0.492. The van der Waals surface area contributed by atoms with Crippen LogP contribution in [0.15, 0.2) is 79.0 Å². The fourth-order valence-corrected chi connectivity index (χ4v) is 12.3. The van der Waals surface area contributed by atoms with Crippen LogP contribution in [0.3, 0.4) is 0 Å². The van der Waals surface area contributed by atoms with Gasteiger partial charge in [0.2, 0.25) is 65.0 Å². The molecule has 19 N–H and O–H groups in total. The van der Waals surface area contributed by atoms with Crippen molar-refractivity contribution < 1.29 is 72.9 Å².